The molecule has 0 spiro atoms. The van der Waals surface area contributed by atoms with E-state index in [2.05, 4.69) is 20.0 Å². The van der Waals surface area contributed by atoms with Crippen LogP contribution in [0.5, 0.6) is 5.75 Å². The summed E-state index contributed by atoms with van der Waals surface area (Å²) in [5.41, 5.74) is 0.691. The monoisotopic (exact) mass is 421 g/mol. The summed E-state index contributed by atoms with van der Waals surface area (Å²) in [5, 5.41) is 3.13. The number of carbonyl (C=O) groups is 1. The molecular formula is C20H20F3N4O3+. The van der Waals surface area contributed by atoms with Gasteiger partial charge in [0.15, 0.2) is 12.4 Å². The summed E-state index contributed by atoms with van der Waals surface area (Å²) in [6.45, 7) is 2.92. The van der Waals surface area contributed by atoms with Crippen molar-refractivity contribution < 1.29 is 27.6 Å². The molecule has 0 aliphatic heterocycles. The topological polar surface area (TPSA) is 88.5 Å². The van der Waals surface area contributed by atoms with E-state index in [9.17, 15) is 22.8 Å². The number of ether oxygens (including phenoxy) is 1. The number of para-hydroxylation sites is 1. The Morgan fingerprint density at radius 3 is 2.53 bits per heavy atom. The number of halogens is 3. The Morgan fingerprint density at radius 1 is 1.17 bits per heavy atom. The minimum atomic E-state index is -4.77. The molecule has 3 rings (SSSR count). The van der Waals surface area contributed by atoms with E-state index in [1.165, 1.54) is 12.1 Å². The minimum absolute atomic E-state index is 0.0911. The van der Waals surface area contributed by atoms with Gasteiger partial charge in [-0.25, -0.2) is 4.98 Å². The first-order chi connectivity index (χ1) is 14.2. The molecule has 1 atom stereocenters. The highest BCUT2D eigenvalue weighted by atomic mass is 19.4. The number of nitrogens with zero attached hydrogens (tertiary/aromatic N) is 1. The molecule has 0 saturated heterocycles. The number of rotatable bonds is 7. The molecule has 1 aromatic heterocycles. The fourth-order valence-corrected chi connectivity index (χ4v) is 2.94. The minimum Gasteiger partial charge on any atom is -0.406 e. The summed E-state index contributed by atoms with van der Waals surface area (Å²) in [6.07, 6.45) is -4.77. The number of hydrogen-bond acceptors (Lipinski definition) is 4. The summed E-state index contributed by atoms with van der Waals surface area (Å²) in [5.74, 6) is -0.218. The molecule has 0 fully saturated rings. The molecule has 1 amide bonds. The van der Waals surface area contributed by atoms with Crippen molar-refractivity contribution in [2.45, 2.75) is 19.8 Å². The van der Waals surface area contributed by atoms with E-state index in [1.54, 1.807) is 24.3 Å². The molecule has 1 unspecified atom stereocenters. The van der Waals surface area contributed by atoms with Gasteiger partial charge in [0.05, 0.1) is 17.4 Å². The first-order valence-corrected chi connectivity index (χ1v) is 9.20. The summed E-state index contributed by atoms with van der Waals surface area (Å²) in [4.78, 5) is 32.5. The lowest BCUT2D eigenvalue weighted by atomic mass is 10.2. The van der Waals surface area contributed by atoms with Gasteiger partial charge in [-0.05, 0) is 43.3 Å². The van der Waals surface area contributed by atoms with Gasteiger partial charge in [-0.3, -0.25) is 9.59 Å². The Kier molecular flexibility index (Phi) is 6.36. The fraction of sp³-hybridized carbons (Fsp3) is 0.250. The number of hydrogen-bond donors (Lipinski definition) is 3. The van der Waals surface area contributed by atoms with E-state index >= 15 is 0 Å². The predicted molar refractivity (Wildman–Crippen MR) is 104 cm³/mol. The Hall–Kier alpha value is -3.40. The van der Waals surface area contributed by atoms with Crippen molar-refractivity contribution in [2.75, 3.05) is 18.4 Å². The highest BCUT2D eigenvalue weighted by Gasteiger charge is 2.31. The Labute approximate surface area is 169 Å². The van der Waals surface area contributed by atoms with Crippen molar-refractivity contribution in [3.63, 3.8) is 0 Å². The van der Waals surface area contributed by atoms with Crippen molar-refractivity contribution in [3.05, 3.63) is 64.7 Å². The summed E-state index contributed by atoms with van der Waals surface area (Å²) >= 11 is 0. The first-order valence-electron chi connectivity index (χ1n) is 9.20. The molecule has 158 valence electrons. The molecule has 10 heteroatoms. The highest BCUT2D eigenvalue weighted by Crippen LogP contribution is 2.23. The standard InChI is InChI=1S/C20H19F3N4O3/c1-2-27(11-17-25-16-6-4-3-5-15(16)19(29)26-17)12-18(28)24-13-7-9-14(10-8-13)30-20(21,22)23/h3-10H,2,11-12H2,1H3,(H,24,28)(H,25,26,29)/p+1. The van der Waals surface area contributed by atoms with Gasteiger partial charge in [0.2, 0.25) is 0 Å². The zero-order chi connectivity index (χ0) is 21.7. The van der Waals surface area contributed by atoms with E-state index < -0.39 is 6.36 Å². The second-order valence-corrected chi connectivity index (χ2v) is 6.61. The third kappa shape index (κ3) is 5.80. The van der Waals surface area contributed by atoms with Crippen molar-refractivity contribution in [3.8, 4) is 5.75 Å². The average Bonchev–Trinajstić information content (AvgIpc) is 2.68. The highest BCUT2D eigenvalue weighted by molar-refractivity contribution is 5.91. The lowest BCUT2D eigenvalue weighted by molar-refractivity contribution is -0.904. The van der Waals surface area contributed by atoms with Gasteiger partial charge in [0, 0.05) is 5.69 Å². The van der Waals surface area contributed by atoms with Crippen LogP contribution in [0.1, 0.15) is 12.7 Å². The number of H-pyrrole nitrogens is 1. The van der Waals surface area contributed by atoms with Gasteiger partial charge in [-0.15, -0.1) is 13.2 Å². The van der Waals surface area contributed by atoms with Crippen molar-refractivity contribution in [1.82, 2.24) is 9.97 Å². The molecule has 0 aliphatic rings. The molecular weight excluding hydrogens is 401 g/mol. The maximum atomic E-state index is 12.3. The van der Waals surface area contributed by atoms with Crippen LogP contribution in [0.3, 0.4) is 0 Å². The second-order valence-electron chi connectivity index (χ2n) is 6.61. The van der Waals surface area contributed by atoms with E-state index in [0.29, 0.717) is 35.5 Å². The van der Waals surface area contributed by atoms with Crippen molar-refractivity contribution >= 4 is 22.5 Å². The van der Waals surface area contributed by atoms with E-state index in [4.69, 9.17) is 0 Å². The quantitative estimate of drug-likeness (QED) is 0.544. The fourth-order valence-electron chi connectivity index (χ4n) is 2.94. The number of quaternary nitrogens is 1. The van der Waals surface area contributed by atoms with Crippen LogP contribution in [0.25, 0.3) is 10.9 Å². The number of anilines is 1. The van der Waals surface area contributed by atoms with Gasteiger partial charge in [-0.2, -0.15) is 0 Å². The van der Waals surface area contributed by atoms with Crippen LogP contribution in [0.4, 0.5) is 18.9 Å². The van der Waals surface area contributed by atoms with Crippen molar-refractivity contribution in [2.24, 2.45) is 0 Å². The van der Waals surface area contributed by atoms with Crippen molar-refractivity contribution in [1.29, 1.82) is 0 Å². The molecule has 3 aromatic rings. The molecule has 30 heavy (non-hydrogen) atoms. The van der Waals surface area contributed by atoms with Gasteiger partial charge in [0.1, 0.15) is 12.3 Å². The van der Waals surface area contributed by atoms with E-state index in [-0.39, 0.29) is 23.8 Å². The lowest BCUT2D eigenvalue weighted by Crippen LogP contribution is -3.11. The number of alkyl halides is 3. The number of benzene rings is 2. The normalized spacial score (nSPS) is 12.5. The van der Waals surface area contributed by atoms with Crippen LogP contribution in [-0.2, 0) is 11.3 Å². The summed E-state index contributed by atoms with van der Waals surface area (Å²) < 4.78 is 40.4. The average molecular weight is 421 g/mol. The van der Waals surface area contributed by atoms with Crippen LogP contribution in [0.15, 0.2) is 53.3 Å². The smallest absolute Gasteiger partial charge is 0.406 e. The molecule has 1 heterocycles. The van der Waals surface area contributed by atoms with E-state index in [0.717, 1.165) is 17.0 Å². The first kappa shape index (κ1) is 21.3. The Bertz CT molecular complexity index is 1080. The number of aromatic nitrogens is 2. The van der Waals surface area contributed by atoms with Gasteiger partial charge in [0.25, 0.3) is 11.5 Å². The lowest BCUT2D eigenvalue weighted by Gasteiger charge is -2.17. The molecule has 0 aliphatic carbocycles. The second kappa shape index (κ2) is 8.95. The van der Waals surface area contributed by atoms with Crippen LogP contribution in [0, 0.1) is 0 Å². The van der Waals surface area contributed by atoms with Gasteiger partial charge in [-0.1, -0.05) is 12.1 Å². The number of aromatic amines is 1. The maximum Gasteiger partial charge on any atom is 0.573 e. The van der Waals surface area contributed by atoms with Gasteiger partial charge < -0.3 is 19.9 Å². The molecule has 2 aromatic carbocycles. The number of carbonyl (C=O) groups excluding carboxylic acids is 1. The van der Waals surface area contributed by atoms with Crippen LogP contribution >= 0.6 is 0 Å². The number of amides is 1. The number of fused-ring (bicyclic) bond motifs is 1. The maximum absolute atomic E-state index is 12.3. The molecule has 3 N–H and O–H groups in total. The summed E-state index contributed by atoms with van der Waals surface area (Å²) in [7, 11) is 0. The number of likely N-dealkylation sites (N-methyl/N-ethyl adjacent to an activating group) is 1. The molecule has 7 nitrogen and oxygen atoms in total. The zero-order valence-electron chi connectivity index (χ0n) is 16.0. The van der Waals surface area contributed by atoms with E-state index in [1.807, 2.05) is 6.92 Å². The molecule has 0 radical (unpaired) electrons. The van der Waals surface area contributed by atoms with Crippen LogP contribution < -0.4 is 20.5 Å². The Balaban J connectivity index is 1.61. The third-order valence-electron chi connectivity index (χ3n) is 4.36. The SMILES string of the molecule is CC[NH+](CC(=O)Nc1ccc(OC(F)(F)F)cc1)Cc1nc2ccccc2c(=O)[nH]1. The number of nitrogens with one attached hydrogen (secondary N) is 3. The Morgan fingerprint density at radius 2 is 1.87 bits per heavy atom. The third-order valence-corrected chi connectivity index (χ3v) is 4.36. The van der Waals surface area contributed by atoms with Crippen LogP contribution in [-0.4, -0.2) is 35.3 Å². The van der Waals surface area contributed by atoms with Crippen LogP contribution in [0.2, 0.25) is 0 Å². The van der Waals surface area contributed by atoms with Gasteiger partial charge >= 0.3 is 6.36 Å². The summed E-state index contributed by atoms with van der Waals surface area (Å²) in [6, 6.07) is 11.9. The zero-order valence-corrected chi connectivity index (χ0v) is 16.0. The largest absolute Gasteiger partial charge is 0.573 e. The predicted octanol–water partition coefficient (Wildman–Crippen LogP) is 1.87. The molecule has 0 saturated carbocycles. The molecule has 0 bridgehead atoms.